The Morgan fingerprint density at radius 1 is 1.20 bits per heavy atom. The van der Waals surface area contributed by atoms with E-state index in [1.807, 2.05) is 12.1 Å². The van der Waals surface area contributed by atoms with Crippen LogP contribution in [0, 0.1) is 22.0 Å². The Hall–Kier alpha value is -1.10. The summed E-state index contributed by atoms with van der Waals surface area (Å²) in [7, 11) is 0. The molecule has 0 saturated carbocycles. The zero-order valence-corrected chi connectivity index (χ0v) is 14.2. The molecule has 20 heavy (non-hydrogen) atoms. The standard InChI is InChI=1S/C15H23BrN2O2/c1-11(2)9-17(10-12(3)4)14-5-6-15(18(19)20)13(7-14)8-16/h5-7,11-12H,8-10H2,1-4H3. The van der Waals surface area contributed by atoms with Crippen LogP contribution in [0.2, 0.25) is 0 Å². The third kappa shape index (κ3) is 4.78. The van der Waals surface area contributed by atoms with E-state index in [0.717, 1.165) is 24.3 Å². The van der Waals surface area contributed by atoms with Crippen molar-refractivity contribution in [1.29, 1.82) is 0 Å². The predicted octanol–water partition coefficient (Wildman–Crippen LogP) is 4.61. The van der Waals surface area contributed by atoms with Gasteiger partial charge in [-0.2, -0.15) is 0 Å². The lowest BCUT2D eigenvalue weighted by Gasteiger charge is -2.28. The highest BCUT2D eigenvalue weighted by molar-refractivity contribution is 9.08. The average molecular weight is 343 g/mol. The molecule has 4 nitrogen and oxygen atoms in total. The number of rotatable bonds is 7. The first-order valence-corrected chi connectivity index (χ1v) is 8.05. The Kier molecular flexibility index (Phi) is 6.46. The minimum absolute atomic E-state index is 0.180. The summed E-state index contributed by atoms with van der Waals surface area (Å²) >= 11 is 3.34. The molecule has 0 heterocycles. The Morgan fingerprint density at radius 2 is 1.75 bits per heavy atom. The lowest BCUT2D eigenvalue weighted by atomic mass is 10.1. The molecule has 0 unspecified atom stereocenters. The molecule has 112 valence electrons. The second-order valence-corrected chi connectivity index (χ2v) is 6.46. The summed E-state index contributed by atoms with van der Waals surface area (Å²) in [6, 6.07) is 5.40. The summed E-state index contributed by atoms with van der Waals surface area (Å²) in [5, 5.41) is 11.5. The number of hydrogen-bond acceptors (Lipinski definition) is 3. The van der Waals surface area contributed by atoms with Crippen LogP contribution < -0.4 is 4.90 Å². The summed E-state index contributed by atoms with van der Waals surface area (Å²) in [6.07, 6.45) is 0. The van der Waals surface area contributed by atoms with Crippen molar-refractivity contribution in [3.8, 4) is 0 Å². The molecular weight excluding hydrogens is 320 g/mol. The van der Waals surface area contributed by atoms with Gasteiger partial charge in [-0.15, -0.1) is 0 Å². The molecule has 0 radical (unpaired) electrons. The molecule has 0 atom stereocenters. The zero-order valence-electron chi connectivity index (χ0n) is 12.6. The number of benzene rings is 1. The molecule has 0 amide bonds. The molecule has 0 aromatic heterocycles. The van der Waals surface area contributed by atoms with Crippen LogP contribution in [0.5, 0.6) is 0 Å². The first-order valence-electron chi connectivity index (χ1n) is 6.93. The van der Waals surface area contributed by atoms with Gasteiger partial charge in [0.05, 0.1) is 4.92 Å². The normalized spacial score (nSPS) is 11.2. The first kappa shape index (κ1) is 17.0. The van der Waals surface area contributed by atoms with Crippen molar-refractivity contribution in [2.75, 3.05) is 18.0 Å². The lowest BCUT2D eigenvalue weighted by molar-refractivity contribution is -0.385. The van der Waals surface area contributed by atoms with Gasteiger partial charge < -0.3 is 4.90 Å². The van der Waals surface area contributed by atoms with Crippen LogP contribution >= 0.6 is 15.9 Å². The lowest BCUT2D eigenvalue weighted by Crippen LogP contribution is -2.31. The van der Waals surface area contributed by atoms with Gasteiger partial charge in [-0.3, -0.25) is 10.1 Å². The number of nitro groups is 1. The van der Waals surface area contributed by atoms with Gasteiger partial charge in [0, 0.05) is 35.7 Å². The largest absolute Gasteiger partial charge is 0.371 e. The topological polar surface area (TPSA) is 46.4 Å². The fraction of sp³-hybridized carbons (Fsp3) is 0.600. The van der Waals surface area contributed by atoms with Crippen LogP contribution in [-0.2, 0) is 5.33 Å². The summed E-state index contributed by atoms with van der Waals surface area (Å²) in [5.41, 5.74) is 1.97. The molecule has 0 N–H and O–H groups in total. The summed E-state index contributed by atoms with van der Waals surface area (Å²) < 4.78 is 0. The fourth-order valence-corrected chi connectivity index (χ4v) is 2.67. The van der Waals surface area contributed by atoms with Crippen molar-refractivity contribution in [3.63, 3.8) is 0 Å². The van der Waals surface area contributed by atoms with Crippen LogP contribution in [0.15, 0.2) is 18.2 Å². The molecule has 5 heteroatoms. The van der Waals surface area contributed by atoms with E-state index in [2.05, 4.69) is 48.5 Å². The van der Waals surface area contributed by atoms with E-state index >= 15 is 0 Å². The average Bonchev–Trinajstić information content (AvgIpc) is 2.35. The highest BCUT2D eigenvalue weighted by Gasteiger charge is 2.17. The van der Waals surface area contributed by atoms with Crippen LogP contribution in [0.1, 0.15) is 33.3 Å². The van der Waals surface area contributed by atoms with Gasteiger partial charge in [0.1, 0.15) is 0 Å². The van der Waals surface area contributed by atoms with Gasteiger partial charge in [0.15, 0.2) is 0 Å². The van der Waals surface area contributed by atoms with Crippen molar-refractivity contribution in [1.82, 2.24) is 0 Å². The molecule has 0 aliphatic rings. The van der Waals surface area contributed by atoms with Crippen LogP contribution in [0.3, 0.4) is 0 Å². The number of halogens is 1. The van der Waals surface area contributed by atoms with Crippen LogP contribution in [0.4, 0.5) is 11.4 Å². The van der Waals surface area contributed by atoms with Crippen molar-refractivity contribution in [2.45, 2.75) is 33.0 Å². The van der Waals surface area contributed by atoms with Crippen molar-refractivity contribution >= 4 is 27.3 Å². The van der Waals surface area contributed by atoms with E-state index < -0.39 is 0 Å². The fourth-order valence-electron chi connectivity index (χ4n) is 2.22. The quantitative estimate of drug-likeness (QED) is 0.413. The second kappa shape index (κ2) is 7.62. The number of anilines is 1. The Bertz CT molecular complexity index is 451. The highest BCUT2D eigenvalue weighted by Crippen LogP contribution is 2.27. The molecule has 1 rings (SSSR count). The molecule has 1 aromatic carbocycles. The SMILES string of the molecule is CC(C)CN(CC(C)C)c1ccc([N+](=O)[O-])c(CBr)c1. The van der Waals surface area contributed by atoms with Gasteiger partial charge in [-0.25, -0.2) is 0 Å². The molecule has 1 aromatic rings. The van der Waals surface area contributed by atoms with E-state index in [9.17, 15) is 10.1 Å². The maximum absolute atomic E-state index is 11.0. The van der Waals surface area contributed by atoms with Gasteiger partial charge in [-0.1, -0.05) is 43.6 Å². The maximum atomic E-state index is 11.0. The molecule has 0 aliphatic heterocycles. The number of hydrogen-bond donors (Lipinski definition) is 0. The minimum atomic E-state index is -0.324. The Labute approximate surface area is 129 Å². The number of alkyl halides is 1. The Balaban J connectivity index is 3.10. The molecule has 0 bridgehead atoms. The van der Waals surface area contributed by atoms with E-state index in [1.54, 1.807) is 6.07 Å². The van der Waals surface area contributed by atoms with Crippen molar-refractivity contribution < 1.29 is 4.92 Å². The third-order valence-electron chi connectivity index (χ3n) is 2.94. The van der Waals surface area contributed by atoms with Gasteiger partial charge in [-0.05, 0) is 24.0 Å². The van der Waals surface area contributed by atoms with E-state index in [-0.39, 0.29) is 10.6 Å². The molecular formula is C15H23BrN2O2. The summed E-state index contributed by atoms with van der Waals surface area (Å²) in [6.45, 7) is 10.7. The smallest absolute Gasteiger partial charge is 0.273 e. The van der Waals surface area contributed by atoms with Crippen molar-refractivity contribution in [3.05, 3.63) is 33.9 Å². The molecule has 0 saturated heterocycles. The van der Waals surface area contributed by atoms with E-state index in [0.29, 0.717) is 17.2 Å². The zero-order chi connectivity index (χ0) is 15.3. The van der Waals surface area contributed by atoms with Crippen LogP contribution in [-0.4, -0.2) is 18.0 Å². The summed E-state index contributed by atoms with van der Waals surface area (Å²) in [4.78, 5) is 13.0. The Morgan fingerprint density at radius 3 is 2.15 bits per heavy atom. The molecule has 0 spiro atoms. The van der Waals surface area contributed by atoms with Crippen LogP contribution in [0.25, 0.3) is 0 Å². The second-order valence-electron chi connectivity index (χ2n) is 5.90. The first-order chi connectivity index (χ1) is 9.35. The third-order valence-corrected chi connectivity index (χ3v) is 3.54. The monoisotopic (exact) mass is 342 g/mol. The van der Waals surface area contributed by atoms with Gasteiger partial charge in [0.25, 0.3) is 5.69 Å². The van der Waals surface area contributed by atoms with Gasteiger partial charge in [0.2, 0.25) is 0 Å². The van der Waals surface area contributed by atoms with Gasteiger partial charge >= 0.3 is 0 Å². The number of nitro benzene ring substituents is 1. The summed E-state index contributed by atoms with van der Waals surface area (Å²) in [5.74, 6) is 1.10. The highest BCUT2D eigenvalue weighted by atomic mass is 79.9. The minimum Gasteiger partial charge on any atom is -0.371 e. The number of nitrogens with zero attached hydrogens (tertiary/aromatic N) is 2. The van der Waals surface area contributed by atoms with E-state index in [1.165, 1.54) is 0 Å². The van der Waals surface area contributed by atoms with Crippen molar-refractivity contribution in [2.24, 2.45) is 11.8 Å². The van der Waals surface area contributed by atoms with E-state index in [4.69, 9.17) is 0 Å². The molecule has 0 fully saturated rings. The maximum Gasteiger partial charge on any atom is 0.273 e. The molecule has 0 aliphatic carbocycles. The predicted molar refractivity (Wildman–Crippen MR) is 87.6 cm³/mol.